The van der Waals surface area contributed by atoms with Crippen molar-refractivity contribution < 1.29 is 4.39 Å². The standard InChI is InChI=1S/C12H12BrFN2/c13-11-2-1-9(5-12(11)14)6-16-8-10-3-4-15-7-10/h1-5,7,15-16H,6,8H2. The molecular formula is C12H12BrFN2. The summed E-state index contributed by atoms with van der Waals surface area (Å²) in [6.07, 6.45) is 3.82. The van der Waals surface area contributed by atoms with Crippen LogP contribution in [0.5, 0.6) is 0 Å². The van der Waals surface area contributed by atoms with Crippen LogP contribution in [0.2, 0.25) is 0 Å². The van der Waals surface area contributed by atoms with Crippen molar-refractivity contribution in [2.24, 2.45) is 0 Å². The van der Waals surface area contributed by atoms with Crippen molar-refractivity contribution in [1.29, 1.82) is 0 Å². The molecule has 0 aliphatic heterocycles. The number of hydrogen-bond acceptors (Lipinski definition) is 1. The maximum atomic E-state index is 13.2. The SMILES string of the molecule is Fc1cc(CNCc2cc[nH]c2)ccc1Br. The third-order valence-corrected chi connectivity index (χ3v) is 2.95. The van der Waals surface area contributed by atoms with E-state index in [0.29, 0.717) is 11.0 Å². The van der Waals surface area contributed by atoms with Gasteiger partial charge in [-0.2, -0.15) is 0 Å². The summed E-state index contributed by atoms with van der Waals surface area (Å²) < 4.78 is 13.7. The summed E-state index contributed by atoms with van der Waals surface area (Å²) >= 11 is 3.13. The Morgan fingerprint density at radius 1 is 1.19 bits per heavy atom. The molecular weight excluding hydrogens is 271 g/mol. The highest BCUT2D eigenvalue weighted by atomic mass is 79.9. The maximum Gasteiger partial charge on any atom is 0.137 e. The Morgan fingerprint density at radius 3 is 2.69 bits per heavy atom. The molecule has 1 aromatic carbocycles. The average molecular weight is 283 g/mol. The van der Waals surface area contributed by atoms with E-state index in [2.05, 4.69) is 26.2 Å². The molecule has 0 fully saturated rings. The van der Waals surface area contributed by atoms with Gasteiger partial charge in [0, 0.05) is 25.5 Å². The molecule has 1 heterocycles. The van der Waals surface area contributed by atoms with E-state index in [-0.39, 0.29) is 5.82 Å². The Labute approximate surface area is 102 Å². The van der Waals surface area contributed by atoms with Gasteiger partial charge in [0.15, 0.2) is 0 Å². The second kappa shape index (κ2) is 5.27. The number of aromatic nitrogens is 1. The third-order valence-electron chi connectivity index (χ3n) is 2.30. The van der Waals surface area contributed by atoms with Gasteiger partial charge in [-0.05, 0) is 45.3 Å². The van der Waals surface area contributed by atoms with Crippen LogP contribution in [0, 0.1) is 5.82 Å². The summed E-state index contributed by atoms with van der Waals surface area (Å²) in [5.41, 5.74) is 2.13. The van der Waals surface area contributed by atoms with Crippen molar-refractivity contribution >= 4 is 15.9 Å². The molecule has 16 heavy (non-hydrogen) atoms. The molecule has 84 valence electrons. The van der Waals surface area contributed by atoms with Gasteiger partial charge in [0.05, 0.1) is 4.47 Å². The topological polar surface area (TPSA) is 27.8 Å². The zero-order valence-corrected chi connectivity index (χ0v) is 10.2. The summed E-state index contributed by atoms with van der Waals surface area (Å²) in [6.45, 7) is 1.44. The molecule has 0 unspecified atom stereocenters. The molecule has 0 atom stereocenters. The Balaban J connectivity index is 1.87. The summed E-state index contributed by atoms with van der Waals surface area (Å²) in [7, 11) is 0. The molecule has 0 saturated carbocycles. The summed E-state index contributed by atoms with van der Waals surface area (Å²) in [5, 5.41) is 3.25. The number of rotatable bonds is 4. The zero-order chi connectivity index (χ0) is 11.4. The van der Waals surface area contributed by atoms with Gasteiger partial charge in [0.25, 0.3) is 0 Å². The molecule has 2 N–H and O–H groups in total. The van der Waals surface area contributed by atoms with E-state index in [4.69, 9.17) is 0 Å². The Morgan fingerprint density at radius 2 is 2.00 bits per heavy atom. The van der Waals surface area contributed by atoms with Gasteiger partial charge >= 0.3 is 0 Å². The Bertz CT molecular complexity index is 454. The molecule has 0 aliphatic rings. The lowest BCUT2D eigenvalue weighted by molar-refractivity contribution is 0.614. The smallest absolute Gasteiger partial charge is 0.137 e. The van der Waals surface area contributed by atoms with Crippen LogP contribution in [0.1, 0.15) is 11.1 Å². The van der Waals surface area contributed by atoms with Crippen LogP contribution in [-0.2, 0) is 13.1 Å². The fourth-order valence-corrected chi connectivity index (χ4v) is 1.72. The molecule has 2 aromatic rings. The summed E-state index contributed by atoms with van der Waals surface area (Å²) in [5.74, 6) is -0.221. The van der Waals surface area contributed by atoms with Gasteiger partial charge < -0.3 is 10.3 Å². The van der Waals surface area contributed by atoms with Crippen LogP contribution in [0.3, 0.4) is 0 Å². The lowest BCUT2D eigenvalue weighted by Gasteiger charge is -2.04. The lowest BCUT2D eigenvalue weighted by atomic mass is 10.2. The van der Waals surface area contributed by atoms with Gasteiger partial charge in [-0.1, -0.05) is 6.07 Å². The average Bonchev–Trinajstić information content (AvgIpc) is 2.76. The Hall–Kier alpha value is -1.13. The van der Waals surface area contributed by atoms with Crippen LogP contribution in [0.15, 0.2) is 41.1 Å². The highest BCUT2D eigenvalue weighted by Gasteiger charge is 2.00. The van der Waals surface area contributed by atoms with E-state index < -0.39 is 0 Å². The van der Waals surface area contributed by atoms with Crippen molar-refractivity contribution in [3.8, 4) is 0 Å². The first-order valence-electron chi connectivity index (χ1n) is 5.02. The number of aromatic amines is 1. The van der Waals surface area contributed by atoms with Gasteiger partial charge in [-0.3, -0.25) is 0 Å². The highest BCUT2D eigenvalue weighted by Crippen LogP contribution is 2.16. The summed E-state index contributed by atoms with van der Waals surface area (Å²) in [4.78, 5) is 2.99. The number of H-pyrrole nitrogens is 1. The minimum atomic E-state index is -0.221. The van der Waals surface area contributed by atoms with E-state index >= 15 is 0 Å². The lowest BCUT2D eigenvalue weighted by Crippen LogP contribution is -2.12. The molecule has 4 heteroatoms. The van der Waals surface area contributed by atoms with Crippen LogP contribution in [0.25, 0.3) is 0 Å². The Kier molecular flexibility index (Phi) is 3.74. The maximum absolute atomic E-state index is 13.2. The predicted molar refractivity (Wildman–Crippen MR) is 65.4 cm³/mol. The first-order valence-corrected chi connectivity index (χ1v) is 5.81. The van der Waals surface area contributed by atoms with Gasteiger partial charge in [-0.25, -0.2) is 4.39 Å². The molecule has 0 radical (unpaired) electrons. The van der Waals surface area contributed by atoms with Crippen LogP contribution in [0.4, 0.5) is 4.39 Å². The number of hydrogen-bond donors (Lipinski definition) is 2. The van der Waals surface area contributed by atoms with Crippen LogP contribution < -0.4 is 5.32 Å². The quantitative estimate of drug-likeness (QED) is 0.886. The van der Waals surface area contributed by atoms with Gasteiger partial charge in [0.1, 0.15) is 5.82 Å². The monoisotopic (exact) mass is 282 g/mol. The van der Waals surface area contributed by atoms with Crippen molar-refractivity contribution in [1.82, 2.24) is 10.3 Å². The molecule has 0 spiro atoms. The molecule has 0 saturated heterocycles. The predicted octanol–water partition coefficient (Wildman–Crippen LogP) is 3.21. The molecule has 2 nitrogen and oxygen atoms in total. The van der Waals surface area contributed by atoms with Crippen molar-refractivity contribution in [3.63, 3.8) is 0 Å². The number of benzene rings is 1. The van der Waals surface area contributed by atoms with Crippen molar-refractivity contribution in [3.05, 3.63) is 58.1 Å². The van der Waals surface area contributed by atoms with Crippen LogP contribution in [-0.4, -0.2) is 4.98 Å². The second-order valence-corrected chi connectivity index (χ2v) is 4.43. The van der Waals surface area contributed by atoms with Crippen molar-refractivity contribution in [2.75, 3.05) is 0 Å². The van der Waals surface area contributed by atoms with E-state index in [9.17, 15) is 4.39 Å². The minimum Gasteiger partial charge on any atom is -0.367 e. The summed E-state index contributed by atoms with van der Waals surface area (Å²) in [6, 6.07) is 7.17. The van der Waals surface area contributed by atoms with E-state index in [1.54, 1.807) is 6.07 Å². The largest absolute Gasteiger partial charge is 0.367 e. The zero-order valence-electron chi connectivity index (χ0n) is 8.63. The molecule has 1 aromatic heterocycles. The van der Waals surface area contributed by atoms with E-state index in [1.807, 2.05) is 24.5 Å². The minimum absolute atomic E-state index is 0.221. The fourth-order valence-electron chi connectivity index (χ4n) is 1.47. The first-order chi connectivity index (χ1) is 7.75. The van der Waals surface area contributed by atoms with Crippen molar-refractivity contribution in [2.45, 2.75) is 13.1 Å². The normalized spacial score (nSPS) is 10.6. The van der Waals surface area contributed by atoms with Crippen LogP contribution >= 0.6 is 15.9 Å². The van der Waals surface area contributed by atoms with E-state index in [1.165, 1.54) is 11.6 Å². The van der Waals surface area contributed by atoms with E-state index in [0.717, 1.165) is 12.1 Å². The second-order valence-electron chi connectivity index (χ2n) is 3.57. The fraction of sp³-hybridized carbons (Fsp3) is 0.167. The van der Waals surface area contributed by atoms with Gasteiger partial charge in [0.2, 0.25) is 0 Å². The highest BCUT2D eigenvalue weighted by molar-refractivity contribution is 9.10. The van der Waals surface area contributed by atoms with Gasteiger partial charge in [-0.15, -0.1) is 0 Å². The first kappa shape index (κ1) is 11.4. The molecule has 0 amide bonds. The number of nitrogens with one attached hydrogen (secondary N) is 2. The number of halogens is 2. The molecule has 0 aliphatic carbocycles. The third kappa shape index (κ3) is 2.93. The molecule has 0 bridgehead atoms. The molecule has 2 rings (SSSR count).